The number of ketones is 1. The quantitative estimate of drug-likeness (QED) is 0.710. The minimum atomic E-state index is 0.0148. The molecule has 1 N–H and O–H groups in total. The lowest BCUT2D eigenvalue weighted by atomic mass is 9.98. The van der Waals surface area contributed by atoms with Crippen LogP contribution in [0.4, 0.5) is 0 Å². The van der Waals surface area contributed by atoms with Gasteiger partial charge in [0.1, 0.15) is 0 Å². The molecule has 0 atom stereocenters. The fourth-order valence-corrected chi connectivity index (χ4v) is 2.30. The number of amides is 1. The Balaban J connectivity index is 2.29. The SMILES string of the molecule is CC(C)C(=O)/C=C/CN(C)CC(=O)N1CCC(CO)CC1. The first-order valence-electron chi connectivity index (χ1n) is 7.71. The van der Waals surface area contributed by atoms with Gasteiger partial charge in [-0.3, -0.25) is 14.5 Å². The second kappa shape index (κ2) is 8.95. The second-order valence-corrected chi connectivity index (χ2v) is 6.16. The van der Waals surface area contributed by atoms with Crippen molar-refractivity contribution < 1.29 is 14.7 Å². The lowest BCUT2D eigenvalue weighted by Crippen LogP contribution is -2.43. The third-order valence-corrected chi connectivity index (χ3v) is 3.90. The lowest BCUT2D eigenvalue weighted by Gasteiger charge is -2.32. The Morgan fingerprint density at radius 2 is 1.95 bits per heavy atom. The van der Waals surface area contributed by atoms with E-state index in [1.165, 1.54) is 0 Å². The van der Waals surface area contributed by atoms with Crippen LogP contribution in [0.25, 0.3) is 0 Å². The van der Waals surface area contributed by atoms with Crippen LogP contribution in [0.15, 0.2) is 12.2 Å². The van der Waals surface area contributed by atoms with Crippen LogP contribution < -0.4 is 0 Å². The predicted octanol–water partition coefficient (Wildman–Crippen LogP) is 0.930. The fourth-order valence-electron chi connectivity index (χ4n) is 2.30. The first kappa shape index (κ1) is 17.9. The van der Waals surface area contributed by atoms with Crippen molar-refractivity contribution in [2.24, 2.45) is 11.8 Å². The molecule has 5 nitrogen and oxygen atoms in total. The Morgan fingerprint density at radius 3 is 2.48 bits per heavy atom. The maximum absolute atomic E-state index is 12.1. The van der Waals surface area contributed by atoms with Gasteiger partial charge >= 0.3 is 0 Å². The molecule has 1 heterocycles. The van der Waals surface area contributed by atoms with Gasteiger partial charge in [-0.1, -0.05) is 19.9 Å². The summed E-state index contributed by atoms with van der Waals surface area (Å²) in [4.78, 5) is 27.4. The summed E-state index contributed by atoms with van der Waals surface area (Å²) in [5.41, 5.74) is 0. The zero-order valence-corrected chi connectivity index (χ0v) is 13.4. The van der Waals surface area contributed by atoms with Gasteiger partial charge in [-0.05, 0) is 31.9 Å². The number of hydrogen-bond donors (Lipinski definition) is 1. The summed E-state index contributed by atoms with van der Waals surface area (Å²) >= 11 is 0. The van der Waals surface area contributed by atoms with E-state index < -0.39 is 0 Å². The first-order chi connectivity index (χ1) is 9.93. The molecule has 1 fully saturated rings. The number of aliphatic hydroxyl groups is 1. The van der Waals surface area contributed by atoms with Crippen LogP contribution in [0.1, 0.15) is 26.7 Å². The monoisotopic (exact) mass is 296 g/mol. The number of aliphatic hydroxyl groups excluding tert-OH is 1. The molecule has 0 aromatic rings. The number of carbonyl (C=O) groups excluding carboxylic acids is 2. The van der Waals surface area contributed by atoms with Crippen molar-refractivity contribution in [2.45, 2.75) is 26.7 Å². The van der Waals surface area contributed by atoms with Gasteiger partial charge in [-0.2, -0.15) is 0 Å². The summed E-state index contributed by atoms with van der Waals surface area (Å²) in [6, 6.07) is 0. The van der Waals surface area contributed by atoms with E-state index in [1.54, 1.807) is 6.08 Å². The molecule has 1 aliphatic heterocycles. The highest BCUT2D eigenvalue weighted by Crippen LogP contribution is 2.16. The summed E-state index contributed by atoms with van der Waals surface area (Å²) in [5, 5.41) is 9.10. The van der Waals surface area contributed by atoms with Gasteiger partial charge in [-0.15, -0.1) is 0 Å². The van der Waals surface area contributed by atoms with Crippen molar-refractivity contribution in [2.75, 3.05) is 39.8 Å². The molecule has 0 radical (unpaired) electrons. The third kappa shape index (κ3) is 6.40. The van der Waals surface area contributed by atoms with Crippen LogP contribution in [0.2, 0.25) is 0 Å². The molecule has 5 heteroatoms. The van der Waals surface area contributed by atoms with Crippen molar-refractivity contribution in [1.82, 2.24) is 9.80 Å². The highest BCUT2D eigenvalue weighted by atomic mass is 16.3. The number of hydrogen-bond acceptors (Lipinski definition) is 4. The van der Waals surface area contributed by atoms with E-state index in [2.05, 4.69) is 0 Å². The number of piperidine rings is 1. The van der Waals surface area contributed by atoms with E-state index >= 15 is 0 Å². The standard InChI is InChI=1S/C16H28N2O3/c1-13(2)15(20)5-4-8-17(3)11-16(21)18-9-6-14(12-19)7-10-18/h4-5,13-14,19H,6-12H2,1-3H3/b5-4+. The molecule has 1 aliphatic rings. The fraction of sp³-hybridized carbons (Fsp3) is 0.750. The zero-order chi connectivity index (χ0) is 15.8. The molecular formula is C16H28N2O3. The molecular weight excluding hydrogens is 268 g/mol. The largest absolute Gasteiger partial charge is 0.396 e. The Hall–Kier alpha value is -1.20. The van der Waals surface area contributed by atoms with E-state index in [4.69, 9.17) is 5.11 Å². The molecule has 0 aromatic heterocycles. The molecule has 0 bridgehead atoms. The summed E-state index contributed by atoms with van der Waals surface area (Å²) in [5.74, 6) is 0.594. The lowest BCUT2D eigenvalue weighted by molar-refractivity contribution is -0.133. The highest BCUT2D eigenvalue weighted by molar-refractivity contribution is 5.91. The average Bonchev–Trinajstić information content (AvgIpc) is 2.46. The Kier molecular flexibility index (Phi) is 7.61. The molecule has 120 valence electrons. The van der Waals surface area contributed by atoms with Crippen molar-refractivity contribution in [3.05, 3.63) is 12.2 Å². The second-order valence-electron chi connectivity index (χ2n) is 6.16. The molecule has 0 saturated carbocycles. The number of allylic oxidation sites excluding steroid dienone is 1. The van der Waals surface area contributed by atoms with Gasteiger partial charge < -0.3 is 10.0 Å². The van der Waals surface area contributed by atoms with Crippen LogP contribution >= 0.6 is 0 Å². The predicted molar refractivity (Wildman–Crippen MR) is 82.9 cm³/mol. The van der Waals surface area contributed by atoms with E-state index in [0.717, 1.165) is 25.9 Å². The van der Waals surface area contributed by atoms with Crippen LogP contribution in [0.5, 0.6) is 0 Å². The minimum Gasteiger partial charge on any atom is -0.396 e. The zero-order valence-electron chi connectivity index (χ0n) is 13.4. The number of carbonyl (C=O) groups is 2. The van der Waals surface area contributed by atoms with Crippen LogP contribution in [-0.2, 0) is 9.59 Å². The van der Waals surface area contributed by atoms with Crippen molar-refractivity contribution in [3.8, 4) is 0 Å². The van der Waals surface area contributed by atoms with Crippen LogP contribution in [0, 0.1) is 11.8 Å². The maximum Gasteiger partial charge on any atom is 0.236 e. The van der Waals surface area contributed by atoms with Gasteiger partial charge in [0.2, 0.25) is 5.91 Å². The molecule has 21 heavy (non-hydrogen) atoms. The molecule has 0 aliphatic carbocycles. The Bertz CT molecular complexity index is 372. The molecule has 1 amide bonds. The molecule has 1 rings (SSSR count). The van der Waals surface area contributed by atoms with Gasteiger partial charge in [0.05, 0.1) is 6.54 Å². The van der Waals surface area contributed by atoms with Gasteiger partial charge in [0.25, 0.3) is 0 Å². The number of rotatable bonds is 7. The summed E-state index contributed by atoms with van der Waals surface area (Å²) in [6.07, 6.45) is 5.18. The molecule has 0 aromatic carbocycles. The summed E-state index contributed by atoms with van der Waals surface area (Å²) in [7, 11) is 1.88. The highest BCUT2D eigenvalue weighted by Gasteiger charge is 2.22. The van der Waals surface area contributed by atoms with Crippen molar-refractivity contribution >= 4 is 11.7 Å². The Labute approximate surface area is 127 Å². The molecule has 0 unspecified atom stereocenters. The normalized spacial score (nSPS) is 17.1. The van der Waals surface area contributed by atoms with E-state index in [1.807, 2.05) is 36.8 Å². The minimum absolute atomic E-state index is 0.0148. The van der Waals surface area contributed by atoms with Crippen LogP contribution in [-0.4, -0.2) is 66.4 Å². The smallest absolute Gasteiger partial charge is 0.236 e. The molecule has 1 saturated heterocycles. The number of nitrogens with zero attached hydrogens (tertiary/aromatic N) is 2. The average molecular weight is 296 g/mol. The van der Waals surface area contributed by atoms with E-state index in [9.17, 15) is 9.59 Å². The van der Waals surface area contributed by atoms with E-state index in [0.29, 0.717) is 19.0 Å². The molecule has 0 spiro atoms. The Morgan fingerprint density at radius 1 is 1.33 bits per heavy atom. The number of likely N-dealkylation sites (tertiary alicyclic amines) is 1. The first-order valence-corrected chi connectivity index (χ1v) is 7.71. The summed E-state index contributed by atoms with van der Waals surface area (Å²) < 4.78 is 0. The van der Waals surface area contributed by atoms with Crippen molar-refractivity contribution in [1.29, 1.82) is 0 Å². The van der Waals surface area contributed by atoms with Gasteiger partial charge in [0.15, 0.2) is 5.78 Å². The number of likely N-dealkylation sites (N-methyl/N-ethyl adjacent to an activating group) is 1. The topological polar surface area (TPSA) is 60.9 Å². The third-order valence-electron chi connectivity index (χ3n) is 3.90. The van der Waals surface area contributed by atoms with E-state index in [-0.39, 0.29) is 24.2 Å². The van der Waals surface area contributed by atoms with Crippen LogP contribution in [0.3, 0.4) is 0 Å². The summed E-state index contributed by atoms with van der Waals surface area (Å²) in [6.45, 7) is 6.39. The van der Waals surface area contributed by atoms with Gasteiger partial charge in [-0.25, -0.2) is 0 Å². The van der Waals surface area contributed by atoms with Gasteiger partial charge in [0, 0.05) is 32.2 Å². The maximum atomic E-state index is 12.1. The van der Waals surface area contributed by atoms with Crippen molar-refractivity contribution in [3.63, 3.8) is 0 Å².